The molecule has 2 heterocycles. The fraction of sp³-hybridized carbons (Fsp3) is 0.292. The van der Waals surface area contributed by atoms with Crippen LogP contribution in [-0.2, 0) is 16.1 Å². The second kappa shape index (κ2) is 10.9. The number of nitrogens with zero attached hydrogens (tertiary/aromatic N) is 3. The minimum absolute atomic E-state index is 0.0276. The highest BCUT2D eigenvalue weighted by molar-refractivity contribution is 7.09. The maximum Gasteiger partial charge on any atom is 0.239 e. The van der Waals surface area contributed by atoms with Gasteiger partial charge in [0, 0.05) is 10.6 Å². The molecule has 0 saturated heterocycles. The van der Waals surface area contributed by atoms with Crippen molar-refractivity contribution in [2.24, 2.45) is 0 Å². The van der Waals surface area contributed by atoms with Crippen molar-refractivity contribution in [1.29, 1.82) is 5.26 Å². The van der Waals surface area contributed by atoms with Gasteiger partial charge >= 0.3 is 0 Å². The molecular formula is C24H26FN5O2S. The summed E-state index contributed by atoms with van der Waals surface area (Å²) < 4.78 is 15.5. The Morgan fingerprint density at radius 2 is 1.94 bits per heavy atom. The van der Waals surface area contributed by atoms with Crippen LogP contribution in [0.4, 0.5) is 10.2 Å². The van der Waals surface area contributed by atoms with Crippen LogP contribution in [0.25, 0.3) is 5.69 Å². The minimum Gasteiger partial charge on any atom is -0.350 e. The molecule has 0 aliphatic heterocycles. The standard InChI is InChI=1S/C24H26FN5O2S/c1-4-29(14-22(31)27-13-20-9-6-10-33-20)15-23(32)28-24-21(12-26)16(2)17(3)30(24)19-8-5-7-18(25)11-19/h5-11H,4,13-15H2,1-3H3,(H,27,31)(H,28,32). The van der Waals surface area contributed by atoms with E-state index >= 15 is 0 Å². The van der Waals surface area contributed by atoms with Crippen molar-refractivity contribution in [3.8, 4) is 11.8 Å². The van der Waals surface area contributed by atoms with Crippen LogP contribution in [0.5, 0.6) is 0 Å². The van der Waals surface area contributed by atoms with E-state index < -0.39 is 5.82 Å². The molecule has 0 atom stereocenters. The zero-order chi connectivity index (χ0) is 24.0. The van der Waals surface area contributed by atoms with Crippen molar-refractivity contribution < 1.29 is 14.0 Å². The van der Waals surface area contributed by atoms with Crippen LogP contribution in [0.3, 0.4) is 0 Å². The van der Waals surface area contributed by atoms with E-state index in [2.05, 4.69) is 16.7 Å². The van der Waals surface area contributed by atoms with Gasteiger partial charge in [0.1, 0.15) is 17.7 Å². The Labute approximate surface area is 196 Å². The molecule has 0 radical (unpaired) electrons. The maximum atomic E-state index is 13.9. The van der Waals surface area contributed by atoms with Gasteiger partial charge in [0.25, 0.3) is 0 Å². The summed E-state index contributed by atoms with van der Waals surface area (Å²) >= 11 is 1.56. The first-order chi connectivity index (χ1) is 15.8. The average Bonchev–Trinajstić information content (AvgIpc) is 3.38. The summed E-state index contributed by atoms with van der Waals surface area (Å²) in [6, 6.07) is 12.0. The summed E-state index contributed by atoms with van der Waals surface area (Å²) in [7, 11) is 0. The highest BCUT2D eigenvalue weighted by Crippen LogP contribution is 2.30. The monoisotopic (exact) mass is 467 g/mol. The van der Waals surface area contributed by atoms with E-state index in [1.807, 2.05) is 31.4 Å². The molecule has 1 aromatic carbocycles. The van der Waals surface area contributed by atoms with Crippen molar-refractivity contribution in [2.45, 2.75) is 27.3 Å². The summed E-state index contributed by atoms with van der Waals surface area (Å²) in [5, 5.41) is 17.3. The fourth-order valence-corrected chi connectivity index (χ4v) is 4.16. The first-order valence-electron chi connectivity index (χ1n) is 10.5. The summed E-state index contributed by atoms with van der Waals surface area (Å²) in [6.45, 7) is 6.45. The minimum atomic E-state index is -0.417. The Hall–Kier alpha value is -3.48. The van der Waals surface area contributed by atoms with Gasteiger partial charge in [-0.15, -0.1) is 11.3 Å². The van der Waals surface area contributed by atoms with Gasteiger partial charge in [-0.25, -0.2) is 4.39 Å². The van der Waals surface area contributed by atoms with E-state index in [0.717, 1.165) is 10.6 Å². The van der Waals surface area contributed by atoms with Gasteiger partial charge in [0.05, 0.1) is 30.9 Å². The molecule has 33 heavy (non-hydrogen) atoms. The number of aromatic nitrogens is 1. The van der Waals surface area contributed by atoms with Crippen LogP contribution >= 0.6 is 11.3 Å². The number of hydrogen-bond acceptors (Lipinski definition) is 5. The van der Waals surface area contributed by atoms with Crippen molar-refractivity contribution >= 4 is 29.0 Å². The number of rotatable bonds is 9. The SMILES string of the molecule is CCN(CC(=O)NCc1cccs1)CC(=O)Nc1c(C#N)c(C)c(C)n1-c1cccc(F)c1. The molecule has 0 unspecified atom stereocenters. The predicted molar refractivity (Wildman–Crippen MR) is 127 cm³/mol. The number of nitriles is 1. The lowest BCUT2D eigenvalue weighted by molar-refractivity contribution is -0.123. The molecule has 0 saturated carbocycles. The van der Waals surface area contributed by atoms with Gasteiger partial charge in [-0.2, -0.15) is 5.26 Å². The highest BCUT2D eigenvalue weighted by atomic mass is 32.1. The number of carbonyl (C=O) groups is 2. The number of hydrogen-bond donors (Lipinski definition) is 2. The van der Waals surface area contributed by atoms with Crippen LogP contribution in [-0.4, -0.2) is 40.9 Å². The fourth-order valence-electron chi connectivity index (χ4n) is 3.51. The number of anilines is 1. The number of amides is 2. The summed E-state index contributed by atoms with van der Waals surface area (Å²) in [5.41, 5.74) is 2.26. The third-order valence-corrected chi connectivity index (χ3v) is 6.25. The number of halogens is 1. The number of nitrogens with one attached hydrogen (secondary N) is 2. The van der Waals surface area contributed by atoms with Crippen molar-refractivity contribution in [3.05, 3.63) is 69.3 Å². The number of thiophene rings is 1. The molecule has 0 spiro atoms. The first-order valence-corrected chi connectivity index (χ1v) is 11.4. The Morgan fingerprint density at radius 1 is 1.18 bits per heavy atom. The Morgan fingerprint density at radius 3 is 2.58 bits per heavy atom. The predicted octanol–water partition coefficient (Wildman–Crippen LogP) is 3.74. The van der Waals surface area contributed by atoms with Crippen LogP contribution in [0.15, 0.2) is 41.8 Å². The van der Waals surface area contributed by atoms with Crippen molar-refractivity contribution in [2.75, 3.05) is 25.0 Å². The number of likely N-dealkylation sites (N-methyl/N-ethyl adjacent to an activating group) is 1. The molecular weight excluding hydrogens is 441 g/mol. The molecule has 0 aliphatic carbocycles. The largest absolute Gasteiger partial charge is 0.350 e. The summed E-state index contributed by atoms with van der Waals surface area (Å²) in [6.07, 6.45) is 0. The molecule has 2 N–H and O–H groups in total. The van der Waals surface area contributed by atoms with Crippen LogP contribution < -0.4 is 10.6 Å². The molecule has 9 heteroatoms. The molecule has 0 fully saturated rings. The number of benzene rings is 1. The van der Waals surface area contributed by atoms with Gasteiger partial charge in [-0.3, -0.25) is 19.1 Å². The molecule has 7 nitrogen and oxygen atoms in total. The van der Waals surface area contributed by atoms with E-state index in [9.17, 15) is 19.2 Å². The van der Waals surface area contributed by atoms with E-state index in [-0.39, 0.29) is 24.9 Å². The smallest absolute Gasteiger partial charge is 0.239 e. The van der Waals surface area contributed by atoms with E-state index in [4.69, 9.17) is 0 Å². The Kier molecular flexibility index (Phi) is 7.98. The van der Waals surface area contributed by atoms with E-state index in [1.54, 1.807) is 39.9 Å². The third kappa shape index (κ3) is 5.86. The van der Waals surface area contributed by atoms with E-state index in [1.165, 1.54) is 12.1 Å². The van der Waals surface area contributed by atoms with Gasteiger partial charge < -0.3 is 10.6 Å². The number of carbonyl (C=O) groups excluding carboxylic acids is 2. The molecule has 2 aromatic heterocycles. The second-order valence-electron chi connectivity index (χ2n) is 7.57. The van der Waals surface area contributed by atoms with Crippen LogP contribution in [0.2, 0.25) is 0 Å². The zero-order valence-electron chi connectivity index (χ0n) is 18.8. The van der Waals surface area contributed by atoms with Gasteiger partial charge in [-0.05, 0) is 55.6 Å². The van der Waals surface area contributed by atoms with Crippen LogP contribution in [0, 0.1) is 31.0 Å². The van der Waals surface area contributed by atoms with Crippen molar-refractivity contribution in [3.63, 3.8) is 0 Å². The lowest BCUT2D eigenvalue weighted by Crippen LogP contribution is -2.41. The zero-order valence-corrected chi connectivity index (χ0v) is 19.6. The molecule has 2 amide bonds. The first kappa shape index (κ1) is 24.2. The molecule has 0 aliphatic rings. The van der Waals surface area contributed by atoms with Gasteiger partial charge in [-0.1, -0.05) is 19.1 Å². The molecule has 0 bridgehead atoms. The topological polar surface area (TPSA) is 90.2 Å². The lowest BCUT2D eigenvalue weighted by atomic mass is 10.2. The van der Waals surface area contributed by atoms with Gasteiger partial charge in [0.2, 0.25) is 11.8 Å². The quantitative estimate of drug-likeness (QED) is 0.502. The highest BCUT2D eigenvalue weighted by Gasteiger charge is 2.22. The molecule has 3 aromatic rings. The Bertz CT molecular complexity index is 1180. The van der Waals surface area contributed by atoms with Crippen molar-refractivity contribution in [1.82, 2.24) is 14.8 Å². The van der Waals surface area contributed by atoms with Crippen LogP contribution in [0.1, 0.15) is 28.6 Å². The molecule has 172 valence electrons. The summed E-state index contributed by atoms with van der Waals surface area (Å²) in [4.78, 5) is 27.9. The van der Waals surface area contributed by atoms with Gasteiger partial charge in [0.15, 0.2) is 0 Å². The molecule has 3 rings (SSSR count). The third-order valence-electron chi connectivity index (χ3n) is 5.37. The average molecular weight is 468 g/mol. The maximum absolute atomic E-state index is 13.9. The lowest BCUT2D eigenvalue weighted by Gasteiger charge is -2.20. The normalized spacial score (nSPS) is 10.8. The second-order valence-corrected chi connectivity index (χ2v) is 8.60. The Balaban J connectivity index is 1.73. The van der Waals surface area contributed by atoms with E-state index in [0.29, 0.717) is 35.7 Å². The summed E-state index contributed by atoms with van der Waals surface area (Å²) in [5.74, 6) is -0.666.